The SMILES string of the molecule is CCCCCCCOCC1CCC(C2CCC(c3ccc(OC(F)(F)F)cc3)CC2)CC1. The number of hydrogen-bond acceptors (Lipinski definition) is 2. The fraction of sp³-hybridized carbons (Fsp3) is 0.778. The van der Waals surface area contributed by atoms with Crippen molar-refractivity contribution in [3.05, 3.63) is 29.8 Å². The van der Waals surface area contributed by atoms with Gasteiger partial charge in [-0.25, -0.2) is 0 Å². The Hall–Kier alpha value is -1.23. The predicted molar refractivity (Wildman–Crippen MR) is 123 cm³/mol. The molecule has 0 bridgehead atoms. The van der Waals surface area contributed by atoms with Crippen LogP contribution >= 0.6 is 0 Å². The van der Waals surface area contributed by atoms with Crippen LogP contribution in [0.15, 0.2) is 24.3 Å². The van der Waals surface area contributed by atoms with Crippen LogP contribution in [-0.4, -0.2) is 19.6 Å². The summed E-state index contributed by atoms with van der Waals surface area (Å²) in [6.45, 7) is 4.12. The summed E-state index contributed by atoms with van der Waals surface area (Å²) < 4.78 is 47.0. The van der Waals surface area contributed by atoms with Gasteiger partial charge < -0.3 is 9.47 Å². The van der Waals surface area contributed by atoms with Gasteiger partial charge in [-0.3, -0.25) is 0 Å². The molecule has 32 heavy (non-hydrogen) atoms. The van der Waals surface area contributed by atoms with E-state index in [0.717, 1.165) is 49.4 Å². The van der Waals surface area contributed by atoms with Crippen molar-refractivity contribution in [1.29, 1.82) is 0 Å². The molecule has 2 fully saturated rings. The maximum Gasteiger partial charge on any atom is 0.573 e. The van der Waals surface area contributed by atoms with E-state index in [1.54, 1.807) is 12.1 Å². The highest BCUT2D eigenvalue weighted by Crippen LogP contribution is 2.44. The molecular formula is C27H41F3O2. The molecule has 2 aliphatic rings. The first-order valence-electron chi connectivity index (χ1n) is 12.9. The van der Waals surface area contributed by atoms with Gasteiger partial charge in [-0.15, -0.1) is 13.2 Å². The molecule has 1 aromatic carbocycles. The summed E-state index contributed by atoms with van der Waals surface area (Å²) in [4.78, 5) is 0. The second-order valence-corrected chi connectivity index (χ2v) is 10.00. The number of ether oxygens (including phenoxy) is 2. The molecule has 2 aliphatic carbocycles. The lowest BCUT2D eigenvalue weighted by Gasteiger charge is -2.38. The van der Waals surface area contributed by atoms with Crippen molar-refractivity contribution in [2.45, 2.75) is 103 Å². The van der Waals surface area contributed by atoms with Crippen LogP contribution in [0, 0.1) is 17.8 Å². The Balaban J connectivity index is 1.31. The molecule has 0 aromatic heterocycles. The van der Waals surface area contributed by atoms with Gasteiger partial charge in [0.2, 0.25) is 0 Å². The summed E-state index contributed by atoms with van der Waals surface area (Å²) in [7, 11) is 0. The number of rotatable bonds is 11. The zero-order valence-electron chi connectivity index (χ0n) is 19.7. The van der Waals surface area contributed by atoms with Crippen molar-refractivity contribution in [3.8, 4) is 5.75 Å². The van der Waals surface area contributed by atoms with Crippen molar-refractivity contribution in [3.63, 3.8) is 0 Å². The largest absolute Gasteiger partial charge is 0.573 e. The van der Waals surface area contributed by atoms with Crippen LogP contribution in [0.3, 0.4) is 0 Å². The van der Waals surface area contributed by atoms with Crippen molar-refractivity contribution < 1.29 is 22.6 Å². The maximum absolute atomic E-state index is 12.3. The highest BCUT2D eigenvalue weighted by atomic mass is 19.4. The van der Waals surface area contributed by atoms with Gasteiger partial charge >= 0.3 is 6.36 Å². The van der Waals surface area contributed by atoms with Crippen molar-refractivity contribution >= 4 is 0 Å². The van der Waals surface area contributed by atoms with E-state index < -0.39 is 6.36 Å². The first-order chi connectivity index (χ1) is 15.4. The lowest BCUT2D eigenvalue weighted by molar-refractivity contribution is -0.274. The van der Waals surface area contributed by atoms with Gasteiger partial charge in [0, 0.05) is 13.2 Å². The van der Waals surface area contributed by atoms with E-state index in [1.807, 2.05) is 0 Å². The molecule has 3 rings (SSSR count). The molecule has 5 heteroatoms. The summed E-state index contributed by atoms with van der Waals surface area (Å²) in [5.74, 6) is 2.75. The Morgan fingerprint density at radius 3 is 1.97 bits per heavy atom. The normalized spacial score (nSPS) is 26.8. The molecule has 2 nitrogen and oxygen atoms in total. The molecule has 182 valence electrons. The second kappa shape index (κ2) is 12.9. The third-order valence-corrected chi connectivity index (χ3v) is 7.66. The van der Waals surface area contributed by atoms with Crippen LogP contribution < -0.4 is 4.74 Å². The van der Waals surface area contributed by atoms with Gasteiger partial charge in [0.05, 0.1) is 0 Å². The molecular weight excluding hydrogens is 413 g/mol. The smallest absolute Gasteiger partial charge is 0.406 e. The van der Waals surface area contributed by atoms with Crippen LogP contribution in [0.5, 0.6) is 5.75 Å². The highest BCUT2D eigenvalue weighted by molar-refractivity contribution is 5.29. The molecule has 0 atom stereocenters. The molecule has 1 aromatic rings. The lowest BCUT2D eigenvalue weighted by atomic mass is 9.68. The minimum Gasteiger partial charge on any atom is -0.406 e. The van der Waals surface area contributed by atoms with Gasteiger partial charge in [0.15, 0.2) is 0 Å². The maximum atomic E-state index is 12.3. The molecule has 0 spiro atoms. The Kier molecular flexibility index (Phi) is 10.2. The lowest BCUT2D eigenvalue weighted by Crippen LogP contribution is -2.26. The van der Waals surface area contributed by atoms with Crippen molar-refractivity contribution in [2.75, 3.05) is 13.2 Å². The summed E-state index contributed by atoms with van der Waals surface area (Å²) in [6.07, 6.45) is 11.9. The number of hydrogen-bond donors (Lipinski definition) is 0. The number of benzene rings is 1. The third kappa shape index (κ3) is 8.61. The van der Waals surface area contributed by atoms with Crippen LogP contribution in [0.1, 0.15) is 102 Å². The zero-order valence-corrected chi connectivity index (χ0v) is 19.7. The third-order valence-electron chi connectivity index (χ3n) is 7.66. The minimum absolute atomic E-state index is 0.132. The average molecular weight is 455 g/mol. The standard InChI is InChI=1S/C27H41F3O2/c1-2-3-4-5-6-19-31-20-21-7-9-22(10-8-21)23-11-13-24(14-12-23)25-15-17-26(18-16-25)32-27(28,29)30/h15-18,21-24H,2-14,19-20H2,1H3. The van der Waals surface area contributed by atoms with E-state index in [4.69, 9.17) is 4.74 Å². The van der Waals surface area contributed by atoms with Gasteiger partial charge in [-0.05, 0) is 99.2 Å². The van der Waals surface area contributed by atoms with Crippen LogP contribution in [0.2, 0.25) is 0 Å². The van der Waals surface area contributed by atoms with Crippen molar-refractivity contribution in [2.24, 2.45) is 17.8 Å². The van der Waals surface area contributed by atoms with Crippen LogP contribution in [-0.2, 0) is 4.74 Å². The second-order valence-electron chi connectivity index (χ2n) is 10.00. The minimum atomic E-state index is -4.63. The summed E-state index contributed by atoms with van der Waals surface area (Å²) >= 11 is 0. The van der Waals surface area contributed by atoms with E-state index in [-0.39, 0.29) is 5.75 Å². The van der Waals surface area contributed by atoms with Crippen LogP contribution in [0.4, 0.5) is 13.2 Å². The molecule has 0 unspecified atom stereocenters. The molecule has 0 heterocycles. The Morgan fingerprint density at radius 2 is 1.38 bits per heavy atom. The molecule has 0 N–H and O–H groups in total. The first-order valence-corrected chi connectivity index (χ1v) is 12.9. The predicted octanol–water partition coefficient (Wildman–Crippen LogP) is 8.65. The van der Waals surface area contributed by atoms with Crippen molar-refractivity contribution in [1.82, 2.24) is 0 Å². The fourth-order valence-electron chi connectivity index (χ4n) is 5.75. The monoisotopic (exact) mass is 454 g/mol. The Morgan fingerprint density at radius 1 is 0.781 bits per heavy atom. The summed E-state index contributed by atoms with van der Waals surface area (Å²) in [5, 5.41) is 0. The Labute approximate surface area is 192 Å². The molecule has 0 aliphatic heterocycles. The fourth-order valence-corrected chi connectivity index (χ4v) is 5.75. The van der Waals surface area contributed by atoms with E-state index in [1.165, 1.54) is 82.8 Å². The molecule has 0 saturated heterocycles. The topological polar surface area (TPSA) is 18.5 Å². The first kappa shape index (κ1) is 25.4. The van der Waals surface area contributed by atoms with Crippen LogP contribution in [0.25, 0.3) is 0 Å². The zero-order chi connectivity index (χ0) is 22.8. The average Bonchev–Trinajstić information content (AvgIpc) is 2.79. The number of unbranched alkanes of at least 4 members (excludes halogenated alkanes) is 4. The summed E-state index contributed by atoms with van der Waals surface area (Å²) in [6, 6.07) is 6.51. The molecule has 0 amide bonds. The van der Waals surface area contributed by atoms with E-state index >= 15 is 0 Å². The van der Waals surface area contributed by atoms with Gasteiger partial charge in [-0.2, -0.15) is 0 Å². The molecule has 0 radical (unpaired) electrons. The number of halogens is 3. The van der Waals surface area contributed by atoms with Gasteiger partial charge in [-0.1, -0.05) is 44.7 Å². The molecule has 2 saturated carbocycles. The van der Waals surface area contributed by atoms with E-state index in [2.05, 4.69) is 11.7 Å². The quantitative estimate of drug-likeness (QED) is 0.311. The van der Waals surface area contributed by atoms with Gasteiger partial charge in [0.1, 0.15) is 5.75 Å². The van der Waals surface area contributed by atoms with E-state index in [9.17, 15) is 13.2 Å². The van der Waals surface area contributed by atoms with Gasteiger partial charge in [0.25, 0.3) is 0 Å². The summed E-state index contributed by atoms with van der Waals surface area (Å²) in [5.41, 5.74) is 1.15. The highest BCUT2D eigenvalue weighted by Gasteiger charge is 2.32. The Bertz CT molecular complexity index is 627. The number of alkyl halides is 3. The van der Waals surface area contributed by atoms with E-state index in [0.29, 0.717) is 5.92 Å².